The van der Waals surface area contributed by atoms with Gasteiger partial charge in [0.1, 0.15) is 18.4 Å². The number of phenols is 1. The molecule has 1 aliphatic heterocycles. The third-order valence-electron chi connectivity index (χ3n) is 4.78. The minimum absolute atomic E-state index is 0.0975. The minimum Gasteiger partial charge on any atom is -0.508 e. The average molecular weight is 417 g/mol. The lowest BCUT2D eigenvalue weighted by atomic mass is 10.1. The molecule has 30 heavy (non-hydrogen) atoms. The predicted octanol–water partition coefficient (Wildman–Crippen LogP) is 4.54. The summed E-state index contributed by atoms with van der Waals surface area (Å²) in [5.74, 6) is 0.232. The maximum absolute atomic E-state index is 13.1. The molecule has 1 unspecified atom stereocenters. The van der Waals surface area contributed by atoms with Crippen molar-refractivity contribution in [1.82, 2.24) is 10.2 Å². The van der Waals surface area contributed by atoms with Gasteiger partial charge in [-0.1, -0.05) is 37.6 Å². The maximum atomic E-state index is 13.1. The van der Waals surface area contributed by atoms with Gasteiger partial charge in [0.15, 0.2) is 0 Å². The molecule has 2 aromatic rings. The van der Waals surface area contributed by atoms with E-state index in [1.165, 1.54) is 16.7 Å². The molecular weight excluding hydrogens is 379 g/mol. The van der Waals surface area contributed by atoms with Gasteiger partial charge in [-0.05, 0) is 55.2 Å². The average Bonchev–Trinajstić information content (AvgIpc) is 3.24. The first kappa shape index (κ1) is 27.5. The van der Waals surface area contributed by atoms with E-state index in [2.05, 4.69) is 23.4 Å². The first-order valence-corrected chi connectivity index (χ1v) is 10.4. The predicted molar refractivity (Wildman–Crippen MR) is 125 cm³/mol. The zero-order valence-electron chi connectivity index (χ0n) is 18.7. The molecule has 1 aliphatic carbocycles. The van der Waals surface area contributed by atoms with Crippen LogP contribution < -0.4 is 5.32 Å². The van der Waals surface area contributed by atoms with Crippen LogP contribution in [0, 0.1) is 12.7 Å². The summed E-state index contributed by atoms with van der Waals surface area (Å²) >= 11 is 0. The van der Waals surface area contributed by atoms with Gasteiger partial charge in [-0.15, -0.1) is 13.2 Å². The Balaban J connectivity index is 0.000000509. The van der Waals surface area contributed by atoms with Crippen LogP contribution in [-0.2, 0) is 17.6 Å². The van der Waals surface area contributed by atoms with E-state index in [0.29, 0.717) is 11.8 Å². The Labute approximate surface area is 181 Å². The molecule has 0 aromatic heterocycles. The van der Waals surface area contributed by atoms with E-state index in [-0.39, 0.29) is 5.82 Å². The molecule has 1 fully saturated rings. The Bertz CT molecular complexity index is 678. The van der Waals surface area contributed by atoms with Crippen molar-refractivity contribution in [3.8, 4) is 5.75 Å². The first-order chi connectivity index (χ1) is 14.6. The van der Waals surface area contributed by atoms with E-state index >= 15 is 0 Å². The Morgan fingerprint density at radius 3 is 2.03 bits per heavy atom. The van der Waals surface area contributed by atoms with Crippen LogP contribution in [0.5, 0.6) is 5.75 Å². The lowest BCUT2D eigenvalue weighted by Gasteiger charge is -2.32. The number of piperazine rings is 1. The van der Waals surface area contributed by atoms with E-state index < -0.39 is 0 Å². The molecule has 1 saturated heterocycles. The van der Waals surface area contributed by atoms with Gasteiger partial charge in [-0.25, -0.2) is 4.39 Å². The zero-order valence-corrected chi connectivity index (χ0v) is 18.7. The van der Waals surface area contributed by atoms with Crippen LogP contribution in [0.4, 0.5) is 4.39 Å². The molecule has 0 saturated carbocycles. The highest BCUT2D eigenvalue weighted by Gasteiger charge is 2.27. The number of carbonyl (C=O) groups excluding carboxylic acids is 1. The number of benzene rings is 2. The standard InChI is InChI=1S/C13H17FN2.C7H8O.C2H6.C2H4.CH2O/c14-12-2-1-10-8-13(9-11(10)7-12)16-5-3-15-4-6-16;1-6-2-4-7(8)5-3-6;3*1-2/h1-2,7,13,15H,3-6,8-9H2;2-5,8H,1H3;1-2H3;1-2H2;1H2. The Morgan fingerprint density at radius 2 is 1.50 bits per heavy atom. The van der Waals surface area contributed by atoms with Gasteiger partial charge in [0, 0.05) is 32.2 Å². The van der Waals surface area contributed by atoms with Gasteiger partial charge in [0.05, 0.1) is 0 Å². The number of aryl methyl sites for hydroxylation is 1. The number of hydrogen-bond donors (Lipinski definition) is 2. The van der Waals surface area contributed by atoms with Gasteiger partial charge in [0.25, 0.3) is 0 Å². The Hall–Kier alpha value is -2.50. The normalized spacial score (nSPS) is 16.6. The number of rotatable bonds is 1. The third kappa shape index (κ3) is 9.33. The van der Waals surface area contributed by atoms with Crippen LogP contribution in [0.2, 0.25) is 0 Å². The van der Waals surface area contributed by atoms with Crippen molar-refractivity contribution < 1.29 is 14.3 Å². The fraction of sp³-hybridized carbons (Fsp3) is 0.400. The second-order valence-electron chi connectivity index (χ2n) is 6.60. The quantitative estimate of drug-likeness (QED) is 0.670. The maximum Gasteiger partial charge on any atom is 0.123 e. The molecule has 1 atom stereocenters. The van der Waals surface area contributed by atoms with Crippen LogP contribution in [-0.4, -0.2) is 49.0 Å². The largest absolute Gasteiger partial charge is 0.508 e. The van der Waals surface area contributed by atoms with Crippen molar-refractivity contribution in [1.29, 1.82) is 0 Å². The highest BCUT2D eigenvalue weighted by atomic mass is 19.1. The van der Waals surface area contributed by atoms with Gasteiger partial charge >= 0.3 is 0 Å². The second kappa shape index (κ2) is 16.3. The number of phenolic OH excluding ortho intramolecular Hbond substituents is 1. The summed E-state index contributed by atoms with van der Waals surface area (Å²) in [5.41, 5.74) is 3.72. The van der Waals surface area contributed by atoms with E-state index in [0.717, 1.165) is 39.0 Å². The number of nitrogens with one attached hydrogen (secondary N) is 1. The summed E-state index contributed by atoms with van der Waals surface area (Å²) in [6, 6.07) is 12.9. The van der Waals surface area contributed by atoms with Crippen LogP contribution in [0.3, 0.4) is 0 Å². The molecule has 0 amide bonds. The Morgan fingerprint density at radius 1 is 0.967 bits per heavy atom. The van der Waals surface area contributed by atoms with Crippen LogP contribution >= 0.6 is 0 Å². The SMILES string of the molecule is C=C.C=O.CC.Cc1ccc(O)cc1.Fc1ccc2c(c1)CC(N1CCNCC1)C2. The van der Waals surface area contributed by atoms with Crippen molar-refractivity contribution >= 4 is 6.79 Å². The van der Waals surface area contributed by atoms with Gasteiger partial charge in [-0.3, -0.25) is 4.90 Å². The molecule has 0 bridgehead atoms. The Kier molecular flexibility index (Phi) is 15.0. The number of fused-ring (bicyclic) bond motifs is 1. The summed E-state index contributed by atoms with van der Waals surface area (Å²) in [4.78, 5) is 10.5. The highest BCUT2D eigenvalue weighted by molar-refractivity contribution is 5.34. The van der Waals surface area contributed by atoms with Gasteiger partial charge < -0.3 is 15.2 Å². The molecule has 0 radical (unpaired) electrons. The number of halogens is 1. The van der Waals surface area contributed by atoms with Gasteiger partial charge in [0.2, 0.25) is 0 Å². The molecule has 4 rings (SSSR count). The zero-order chi connectivity index (χ0) is 22.9. The van der Waals surface area contributed by atoms with Crippen LogP contribution in [0.1, 0.15) is 30.5 Å². The van der Waals surface area contributed by atoms with Crippen molar-refractivity contribution in [2.24, 2.45) is 0 Å². The van der Waals surface area contributed by atoms with Crippen molar-refractivity contribution in [2.75, 3.05) is 26.2 Å². The second-order valence-corrected chi connectivity index (χ2v) is 6.60. The van der Waals surface area contributed by atoms with Crippen molar-refractivity contribution in [3.63, 3.8) is 0 Å². The molecule has 166 valence electrons. The fourth-order valence-electron chi connectivity index (χ4n) is 3.41. The number of carbonyl (C=O) groups is 1. The van der Waals surface area contributed by atoms with Crippen LogP contribution in [0.15, 0.2) is 55.6 Å². The van der Waals surface area contributed by atoms with Gasteiger partial charge in [-0.2, -0.15) is 0 Å². The summed E-state index contributed by atoms with van der Waals surface area (Å²) in [5, 5.41) is 12.1. The molecule has 2 N–H and O–H groups in total. The van der Waals surface area contributed by atoms with E-state index in [1.807, 2.05) is 45.8 Å². The van der Waals surface area contributed by atoms with Crippen molar-refractivity contribution in [3.05, 3.63) is 78.1 Å². The molecule has 5 heteroatoms. The summed E-state index contributed by atoms with van der Waals surface area (Å²) < 4.78 is 13.1. The minimum atomic E-state index is -0.0975. The molecule has 4 nitrogen and oxygen atoms in total. The van der Waals surface area contributed by atoms with E-state index in [4.69, 9.17) is 9.90 Å². The van der Waals surface area contributed by atoms with Crippen molar-refractivity contribution in [2.45, 2.75) is 39.7 Å². The monoisotopic (exact) mass is 416 g/mol. The summed E-state index contributed by atoms with van der Waals surface area (Å²) in [6.45, 7) is 18.4. The third-order valence-corrected chi connectivity index (χ3v) is 4.78. The lowest BCUT2D eigenvalue weighted by Crippen LogP contribution is -2.48. The number of aromatic hydroxyl groups is 1. The molecule has 2 aromatic carbocycles. The van der Waals surface area contributed by atoms with E-state index in [1.54, 1.807) is 24.3 Å². The summed E-state index contributed by atoms with van der Waals surface area (Å²) in [6.07, 6.45) is 2.11. The fourth-order valence-corrected chi connectivity index (χ4v) is 3.41. The molecule has 1 heterocycles. The summed E-state index contributed by atoms with van der Waals surface area (Å²) in [7, 11) is 0. The topological polar surface area (TPSA) is 52.6 Å². The smallest absolute Gasteiger partial charge is 0.123 e. The highest BCUT2D eigenvalue weighted by Crippen LogP contribution is 2.26. The van der Waals surface area contributed by atoms with E-state index in [9.17, 15) is 4.39 Å². The number of nitrogens with zero attached hydrogens (tertiary/aromatic N) is 1. The van der Waals surface area contributed by atoms with Crippen LogP contribution in [0.25, 0.3) is 0 Å². The molecule has 0 spiro atoms. The first-order valence-electron chi connectivity index (χ1n) is 10.4. The molecular formula is C25H37FN2O2. The lowest BCUT2D eigenvalue weighted by molar-refractivity contribution is -0.0979. The number of hydrogen-bond acceptors (Lipinski definition) is 4. The molecule has 2 aliphatic rings.